The van der Waals surface area contributed by atoms with Gasteiger partial charge < -0.3 is 0 Å². The van der Waals surface area contributed by atoms with E-state index in [-0.39, 0.29) is 4.90 Å². The molecule has 1 saturated carbocycles. The van der Waals surface area contributed by atoms with Crippen LogP contribution in [0, 0.1) is 0 Å². The monoisotopic (exact) mass is 344 g/mol. The summed E-state index contributed by atoms with van der Waals surface area (Å²) in [5.41, 5.74) is 1.99. The van der Waals surface area contributed by atoms with Crippen molar-refractivity contribution < 1.29 is 8.42 Å². The van der Waals surface area contributed by atoms with E-state index in [9.17, 15) is 8.42 Å². The molecule has 0 saturated heterocycles. The maximum absolute atomic E-state index is 12.7. The van der Waals surface area contributed by atoms with Crippen molar-refractivity contribution in [2.45, 2.75) is 23.7 Å². The van der Waals surface area contributed by atoms with Crippen molar-refractivity contribution in [3.8, 4) is 5.69 Å². The normalized spacial score (nSPS) is 14.7. The molecule has 4 rings (SSSR count). The first-order chi connectivity index (χ1) is 11.5. The lowest BCUT2D eigenvalue weighted by molar-refractivity contribution is 0.601. The number of hydrogen-bond acceptors (Lipinski definition) is 5. The van der Waals surface area contributed by atoms with Crippen LogP contribution in [0.4, 0.5) is 5.69 Å². The van der Waals surface area contributed by atoms with Crippen LogP contribution >= 0.6 is 0 Å². The largest absolute Gasteiger partial charge is 0.276 e. The standard InChI is InChI=1S/C15H16N6O2S/c1-20-10-14(15(17-20)11-5-6-11)18-24(22,23)13-4-2-3-12(9-13)21-8-7-16-19-21/h2-4,7-11,18H,5-6H2,1H3. The summed E-state index contributed by atoms with van der Waals surface area (Å²) in [6.45, 7) is 0. The topological polar surface area (TPSA) is 94.7 Å². The Labute approximate surface area is 139 Å². The van der Waals surface area contributed by atoms with Gasteiger partial charge in [0.2, 0.25) is 0 Å². The summed E-state index contributed by atoms with van der Waals surface area (Å²) in [6.07, 6.45) is 7.00. The smallest absolute Gasteiger partial charge is 0.262 e. The van der Waals surface area contributed by atoms with Crippen molar-refractivity contribution in [1.82, 2.24) is 24.8 Å². The highest BCUT2D eigenvalue weighted by atomic mass is 32.2. The predicted molar refractivity (Wildman–Crippen MR) is 87.4 cm³/mol. The van der Waals surface area contributed by atoms with Gasteiger partial charge >= 0.3 is 0 Å². The minimum atomic E-state index is -3.71. The van der Waals surface area contributed by atoms with Crippen LogP contribution in [-0.2, 0) is 17.1 Å². The van der Waals surface area contributed by atoms with Crippen molar-refractivity contribution in [2.75, 3.05) is 4.72 Å². The molecule has 0 bridgehead atoms. The molecule has 1 N–H and O–H groups in total. The fourth-order valence-corrected chi connectivity index (χ4v) is 3.68. The van der Waals surface area contributed by atoms with Crippen molar-refractivity contribution in [3.05, 3.63) is 48.5 Å². The Morgan fingerprint density at radius 3 is 2.83 bits per heavy atom. The fourth-order valence-electron chi connectivity index (χ4n) is 2.59. The van der Waals surface area contributed by atoms with Crippen LogP contribution in [0.15, 0.2) is 47.8 Å². The summed E-state index contributed by atoms with van der Waals surface area (Å²) < 4.78 is 31.3. The molecule has 24 heavy (non-hydrogen) atoms. The first-order valence-electron chi connectivity index (χ1n) is 7.56. The van der Waals surface area contributed by atoms with Gasteiger partial charge in [0, 0.05) is 19.2 Å². The minimum absolute atomic E-state index is 0.168. The minimum Gasteiger partial charge on any atom is -0.276 e. The van der Waals surface area contributed by atoms with Gasteiger partial charge in [0.1, 0.15) is 0 Å². The summed E-state index contributed by atoms with van der Waals surface area (Å²) in [5, 5.41) is 12.0. The quantitative estimate of drug-likeness (QED) is 0.760. The summed E-state index contributed by atoms with van der Waals surface area (Å²) in [6, 6.07) is 6.56. The van der Waals surface area contributed by atoms with Gasteiger partial charge in [-0.25, -0.2) is 13.1 Å². The van der Waals surface area contributed by atoms with Crippen LogP contribution in [0.2, 0.25) is 0 Å². The highest BCUT2D eigenvalue weighted by molar-refractivity contribution is 7.92. The number of hydrogen-bond donors (Lipinski definition) is 1. The van der Waals surface area contributed by atoms with Gasteiger partial charge in [-0.15, -0.1) is 5.10 Å². The summed E-state index contributed by atoms with van der Waals surface area (Å²) in [4.78, 5) is 0.168. The Bertz CT molecular complexity index is 973. The molecule has 0 unspecified atom stereocenters. The number of aryl methyl sites for hydroxylation is 1. The molecule has 0 amide bonds. The van der Waals surface area contributed by atoms with E-state index in [1.807, 2.05) is 0 Å². The summed E-state index contributed by atoms with van der Waals surface area (Å²) in [7, 11) is -1.92. The van der Waals surface area contributed by atoms with Gasteiger partial charge in [0.05, 0.1) is 34.4 Å². The Balaban J connectivity index is 1.67. The Morgan fingerprint density at radius 1 is 1.29 bits per heavy atom. The van der Waals surface area contributed by atoms with Gasteiger partial charge in [-0.2, -0.15) is 5.10 Å². The van der Waals surface area contributed by atoms with Crippen LogP contribution in [0.5, 0.6) is 0 Å². The first-order valence-corrected chi connectivity index (χ1v) is 9.04. The van der Waals surface area contributed by atoms with Gasteiger partial charge in [0.15, 0.2) is 0 Å². The number of anilines is 1. The molecule has 1 aliphatic carbocycles. The van der Waals surface area contributed by atoms with Gasteiger partial charge in [-0.1, -0.05) is 11.3 Å². The predicted octanol–water partition coefficient (Wildman–Crippen LogP) is 1.68. The van der Waals surface area contributed by atoms with E-state index in [4.69, 9.17) is 0 Å². The van der Waals surface area contributed by atoms with Crippen LogP contribution in [-0.4, -0.2) is 33.2 Å². The van der Waals surface area contributed by atoms with Crippen LogP contribution in [0.3, 0.4) is 0 Å². The van der Waals surface area contributed by atoms with E-state index in [1.165, 1.54) is 10.9 Å². The molecule has 1 fully saturated rings. The molecule has 2 aromatic heterocycles. The number of nitrogens with one attached hydrogen (secondary N) is 1. The number of rotatable bonds is 5. The number of benzene rings is 1. The number of nitrogens with zero attached hydrogens (tertiary/aromatic N) is 5. The average Bonchev–Trinajstić information content (AvgIpc) is 3.12. The Morgan fingerprint density at radius 2 is 2.12 bits per heavy atom. The molecular formula is C15H16N6O2S. The highest BCUT2D eigenvalue weighted by Crippen LogP contribution is 2.42. The number of sulfonamides is 1. The van der Waals surface area contributed by atoms with Crippen molar-refractivity contribution in [1.29, 1.82) is 0 Å². The van der Waals surface area contributed by atoms with E-state index >= 15 is 0 Å². The number of aromatic nitrogens is 5. The Hall–Kier alpha value is -2.68. The molecule has 8 nitrogen and oxygen atoms in total. The molecule has 0 aliphatic heterocycles. The molecular weight excluding hydrogens is 328 g/mol. The maximum atomic E-state index is 12.7. The zero-order valence-electron chi connectivity index (χ0n) is 13.0. The third-order valence-electron chi connectivity index (χ3n) is 3.88. The second kappa shape index (κ2) is 5.45. The maximum Gasteiger partial charge on any atom is 0.262 e. The second-order valence-electron chi connectivity index (χ2n) is 5.83. The lowest BCUT2D eigenvalue weighted by Crippen LogP contribution is -2.14. The van der Waals surface area contributed by atoms with Gasteiger partial charge in [0.25, 0.3) is 10.0 Å². The van der Waals surface area contributed by atoms with E-state index in [2.05, 4.69) is 20.1 Å². The van der Waals surface area contributed by atoms with Crippen LogP contribution in [0.1, 0.15) is 24.5 Å². The third kappa shape index (κ3) is 2.78. The third-order valence-corrected chi connectivity index (χ3v) is 5.24. The zero-order valence-corrected chi connectivity index (χ0v) is 13.8. The van der Waals surface area contributed by atoms with Crippen molar-refractivity contribution >= 4 is 15.7 Å². The molecule has 1 aliphatic rings. The lowest BCUT2D eigenvalue weighted by atomic mass is 10.3. The van der Waals surface area contributed by atoms with Crippen LogP contribution < -0.4 is 4.72 Å². The molecule has 1 aromatic carbocycles. The fraction of sp³-hybridized carbons (Fsp3) is 0.267. The molecule has 2 heterocycles. The second-order valence-corrected chi connectivity index (χ2v) is 7.51. The summed E-state index contributed by atoms with van der Waals surface area (Å²) in [5.74, 6) is 0.352. The highest BCUT2D eigenvalue weighted by Gasteiger charge is 2.30. The first kappa shape index (κ1) is 14.9. The van der Waals surface area contributed by atoms with Crippen molar-refractivity contribution in [3.63, 3.8) is 0 Å². The zero-order chi connectivity index (χ0) is 16.7. The lowest BCUT2D eigenvalue weighted by Gasteiger charge is -2.09. The molecule has 0 spiro atoms. The SMILES string of the molecule is Cn1cc(NS(=O)(=O)c2cccc(-n3ccnn3)c2)c(C2CC2)n1. The molecule has 124 valence electrons. The Kier molecular flexibility index (Phi) is 3.38. The molecule has 0 atom stereocenters. The van der Waals surface area contributed by atoms with E-state index in [0.29, 0.717) is 17.3 Å². The molecule has 9 heteroatoms. The molecule has 0 radical (unpaired) electrons. The van der Waals surface area contributed by atoms with E-state index < -0.39 is 10.0 Å². The average molecular weight is 344 g/mol. The van der Waals surface area contributed by atoms with Gasteiger partial charge in [-0.05, 0) is 31.0 Å². The van der Waals surface area contributed by atoms with E-state index in [1.54, 1.807) is 48.4 Å². The van der Waals surface area contributed by atoms with E-state index in [0.717, 1.165) is 18.5 Å². The summed E-state index contributed by atoms with van der Waals surface area (Å²) >= 11 is 0. The molecule has 3 aromatic rings. The van der Waals surface area contributed by atoms with Crippen molar-refractivity contribution in [2.24, 2.45) is 7.05 Å². The van der Waals surface area contributed by atoms with Gasteiger partial charge in [-0.3, -0.25) is 9.40 Å². The van der Waals surface area contributed by atoms with Crippen LogP contribution in [0.25, 0.3) is 5.69 Å².